The maximum atomic E-state index is 12.5. The molecule has 0 aliphatic heterocycles. The number of hydrogen-bond donors (Lipinski definition) is 4. The zero-order valence-electron chi connectivity index (χ0n) is 16.5. The minimum absolute atomic E-state index is 0.264. The molecule has 2 aromatic carbocycles. The lowest BCUT2D eigenvalue weighted by molar-refractivity contribution is -0.192. The van der Waals surface area contributed by atoms with E-state index in [1.165, 1.54) is 0 Å². The third-order valence-electron chi connectivity index (χ3n) is 3.96. The Morgan fingerprint density at radius 2 is 1.97 bits per heavy atom. The smallest absolute Gasteiger partial charge is 0.475 e. The van der Waals surface area contributed by atoms with Crippen molar-refractivity contribution >= 4 is 28.6 Å². The lowest BCUT2D eigenvalue weighted by atomic mass is 10.1. The van der Waals surface area contributed by atoms with Gasteiger partial charge in [0.2, 0.25) is 0 Å². The van der Waals surface area contributed by atoms with Gasteiger partial charge in [-0.2, -0.15) is 23.5 Å². The first-order chi connectivity index (χ1) is 15.1. The number of aliphatic carboxylic acids is 1. The highest BCUT2D eigenvalue weighted by atomic mass is 19.4. The van der Waals surface area contributed by atoms with Gasteiger partial charge in [0.15, 0.2) is 5.82 Å². The van der Waals surface area contributed by atoms with Crippen LogP contribution in [0, 0.1) is 30.1 Å². The highest BCUT2D eigenvalue weighted by Crippen LogP contribution is 2.24. The van der Waals surface area contributed by atoms with Crippen molar-refractivity contribution in [2.45, 2.75) is 13.1 Å². The van der Waals surface area contributed by atoms with E-state index in [0.717, 1.165) is 16.5 Å². The Hall–Kier alpha value is -4.35. The first-order valence-electron chi connectivity index (χ1n) is 8.86. The fraction of sp³-hybridized carbons (Fsp3) is 0.143. The van der Waals surface area contributed by atoms with Gasteiger partial charge in [0.1, 0.15) is 0 Å². The number of amides is 1. The number of nitrogens with zero attached hydrogens (tertiary/aromatic N) is 2. The van der Waals surface area contributed by atoms with Crippen LogP contribution in [-0.4, -0.2) is 39.9 Å². The molecule has 0 aliphatic rings. The van der Waals surface area contributed by atoms with Crippen LogP contribution in [-0.2, 0) is 4.79 Å². The van der Waals surface area contributed by atoms with Crippen molar-refractivity contribution in [1.82, 2.24) is 10.2 Å². The van der Waals surface area contributed by atoms with Gasteiger partial charge >= 0.3 is 12.1 Å². The number of aromatic amines is 1. The van der Waals surface area contributed by atoms with Crippen LogP contribution in [0.5, 0.6) is 0 Å². The molecule has 32 heavy (non-hydrogen) atoms. The molecule has 0 aliphatic carbocycles. The average molecular weight is 443 g/mol. The maximum Gasteiger partial charge on any atom is 0.490 e. The number of carbonyl (C=O) groups is 2. The summed E-state index contributed by atoms with van der Waals surface area (Å²) in [6.07, 6.45) is -5.08. The Balaban J connectivity index is 0.000000451. The molecule has 0 spiro atoms. The zero-order valence-corrected chi connectivity index (χ0v) is 16.5. The molecule has 164 valence electrons. The lowest BCUT2D eigenvalue weighted by Crippen LogP contribution is -2.21. The topological polar surface area (TPSA) is 145 Å². The van der Waals surface area contributed by atoms with Crippen molar-refractivity contribution in [1.29, 1.82) is 5.26 Å². The summed E-state index contributed by atoms with van der Waals surface area (Å²) in [7, 11) is 0. The SMILES string of the molecule is Cc1cc2c(NC(=O)c3cccc(C#CCN)c3)n[nH]c2cc1C#N.O=C(O)C(F)(F)F. The summed E-state index contributed by atoms with van der Waals surface area (Å²) in [5, 5.41) is 26.7. The zero-order chi connectivity index (χ0) is 23.9. The van der Waals surface area contributed by atoms with Crippen molar-refractivity contribution in [3.8, 4) is 17.9 Å². The van der Waals surface area contributed by atoms with Crippen LogP contribution in [0.15, 0.2) is 36.4 Å². The van der Waals surface area contributed by atoms with Gasteiger partial charge in [0.25, 0.3) is 5.91 Å². The third kappa shape index (κ3) is 6.08. The summed E-state index contributed by atoms with van der Waals surface area (Å²) >= 11 is 0. The van der Waals surface area contributed by atoms with E-state index < -0.39 is 12.1 Å². The van der Waals surface area contributed by atoms with E-state index in [0.29, 0.717) is 22.5 Å². The molecule has 0 atom stereocenters. The molecule has 0 saturated carbocycles. The molecule has 0 bridgehead atoms. The number of carboxylic acids is 1. The third-order valence-corrected chi connectivity index (χ3v) is 3.96. The second kappa shape index (κ2) is 10.1. The molecule has 1 amide bonds. The number of aromatic nitrogens is 2. The fourth-order valence-electron chi connectivity index (χ4n) is 2.46. The lowest BCUT2D eigenvalue weighted by Gasteiger charge is -2.04. The van der Waals surface area contributed by atoms with E-state index in [1.54, 1.807) is 24.3 Å². The molecule has 0 saturated heterocycles. The van der Waals surface area contributed by atoms with Crippen LogP contribution in [0.2, 0.25) is 0 Å². The molecule has 0 fully saturated rings. The molecule has 0 radical (unpaired) electrons. The van der Waals surface area contributed by atoms with E-state index in [1.807, 2.05) is 19.1 Å². The summed E-state index contributed by atoms with van der Waals surface area (Å²) in [6, 6.07) is 12.7. The van der Waals surface area contributed by atoms with Crippen LogP contribution in [0.1, 0.15) is 27.0 Å². The van der Waals surface area contributed by atoms with Crippen molar-refractivity contribution in [3.05, 3.63) is 58.7 Å². The second-order valence-electron chi connectivity index (χ2n) is 6.24. The first-order valence-corrected chi connectivity index (χ1v) is 8.86. The number of alkyl halides is 3. The number of halogens is 3. The molecular weight excluding hydrogens is 427 g/mol. The number of aryl methyl sites for hydroxylation is 1. The summed E-state index contributed by atoms with van der Waals surface area (Å²) in [5.74, 6) is 3.04. The predicted octanol–water partition coefficient (Wildman–Crippen LogP) is 2.94. The van der Waals surface area contributed by atoms with Crippen LogP contribution in [0.4, 0.5) is 19.0 Å². The summed E-state index contributed by atoms with van der Waals surface area (Å²) in [6.45, 7) is 2.11. The van der Waals surface area contributed by atoms with Gasteiger partial charge in [-0.25, -0.2) is 4.79 Å². The van der Waals surface area contributed by atoms with Crippen molar-refractivity contribution in [3.63, 3.8) is 0 Å². The van der Waals surface area contributed by atoms with Gasteiger partial charge in [0.05, 0.1) is 23.7 Å². The maximum absolute atomic E-state index is 12.5. The molecule has 3 aromatic rings. The summed E-state index contributed by atoms with van der Waals surface area (Å²) in [4.78, 5) is 21.4. The molecule has 3 rings (SSSR count). The number of anilines is 1. The standard InChI is InChI=1S/C19H15N5O.C2HF3O2/c1-12-8-16-17(10-15(12)11-21)23-24-18(16)22-19(25)14-6-2-4-13(9-14)5-3-7-20;3-2(4,5)1(6)7/h2,4,6,8-10H,7,20H2,1H3,(H2,22,23,24,25);(H,6,7). The van der Waals surface area contributed by atoms with Gasteiger partial charge in [-0.05, 0) is 42.8 Å². The highest BCUT2D eigenvalue weighted by molar-refractivity contribution is 6.08. The van der Waals surface area contributed by atoms with Crippen LogP contribution in [0.25, 0.3) is 10.9 Å². The van der Waals surface area contributed by atoms with Crippen molar-refractivity contribution in [2.24, 2.45) is 5.73 Å². The van der Waals surface area contributed by atoms with E-state index in [-0.39, 0.29) is 12.5 Å². The Morgan fingerprint density at radius 1 is 1.28 bits per heavy atom. The number of fused-ring (bicyclic) bond motifs is 1. The number of H-pyrrole nitrogens is 1. The normalized spacial score (nSPS) is 10.2. The van der Waals surface area contributed by atoms with Gasteiger partial charge < -0.3 is 16.2 Å². The number of nitrogens with two attached hydrogens (primary N) is 1. The van der Waals surface area contributed by atoms with Crippen LogP contribution >= 0.6 is 0 Å². The van der Waals surface area contributed by atoms with E-state index in [9.17, 15) is 18.0 Å². The van der Waals surface area contributed by atoms with Gasteiger partial charge in [-0.3, -0.25) is 9.89 Å². The number of nitrogens with one attached hydrogen (secondary N) is 2. The molecular formula is C21H16F3N5O3. The van der Waals surface area contributed by atoms with Crippen LogP contribution < -0.4 is 11.1 Å². The molecule has 11 heteroatoms. The number of benzene rings is 2. The monoisotopic (exact) mass is 443 g/mol. The van der Waals surface area contributed by atoms with E-state index in [2.05, 4.69) is 33.4 Å². The Bertz CT molecular complexity index is 1260. The Kier molecular flexibility index (Phi) is 7.56. The Morgan fingerprint density at radius 3 is 2.56 bits per heavy atom. The van der Waals surface area contributed by atoms with Gasteiger partial charge in [-0.15, -0.1) is 0 Å². The first kappa shape index (κ1) is 23.9. The second-order valence-corrected chi connectivity index (χ2v) is 6.24. The summed E-state index contributed by atoms with van der Waals surface area (Å²) in [5.41, 5.74) is 8.65. The number of rotatable bonds is 2. The minimum Gasteiger partial charge on any atom is -0.475 e. The number of nitriles is 1. The van der Waals surface area contributed by atoms with Gasteiger partial charge in [-0.1, -0.05) is 17.9 Å². The average Bonchev–Trinajstić information content (AvgIpc) is 3.12. The largest absolute Gasteiger partial charge is 0.490 e. The molecule has 0 unspecified atom stereocenters. The highest BCUT2D eigenvalue weighted by Gasteiger charge is 2.38. The van der Waals surface area contributed by atoms with E-state index in [4.69, 9.17) is 20.9 Å². The van der Waals surface area contributed by atoms with Crippen molar-refractivity contribution in [2.75, 3.05) is 11.9 Å². The van der Waals surface area contributed by atoms with Crippen molar-refractivity contribution < 1.29 is 27.9 Å². The molecule has 8 nitrogen and oxygen atoms in total. The fourth-order valence-corrected chi connectivity index (χ4v) is 2.46. The minimum atomic E-state index is -5.08. The molecule has 1 aromatic heterocycles. The summed E-state index contributed by atoms with van der Waals surface area (Å²) < 4.78 is 31.7. The Labute approximate surface area is 179 Å². The van der Waals surface area contributed by atoms with Gasteiger partial charge in [0, 0.05) is 16.5 Å². The quantitative estimate of drug-likeness (QED) is 0.448. The molecule has 5 N–H and O–H groups in total. The predicted molar refractivity (Wildman–Crippen MR) is 110 cm³/mol. The van der Waals surface area contributed by atoms with Crippen LogP contribution in [0.3, 0.4) is 0 Å². The molecule has 1 heterocycles. The number of hydrogen-bond acceptors (Lipinski definition) is 5. The number of carboxylic acid groups (broad SMARTS) is 1. The number of carbonyl (C=O) groups excluding carboxylic acids is 1. The van der Waals surface area contributed by atoms with E-state index >= 15 is 0 Å².